The highest BCUT2D eigenvalue weighted by atomic mass is 35.5. The fraction of sp³-hybridized carbons (Fsp3) is 0.462. The number of hydrogen-bond acceptors (Lipinski definition) is 3. The van der Waals surface area contributed by atoms with E-state index in [1.165, 1.54) is 0 Å². The summed E-state index contributed by atoms with van der Waals surface area (Å²) in [5.74, 6) is -1.27. The van der Waals surface area contributed by atoms with Gasteiger partial charge < -0.3 is 5.73 Å². The molecule has 0 radical (unpaired) electrons. The number of sulfonamides is 1. The Bertz CT molecular complexity index is 722. The zero-order valence-electron chi connectivity index (χ0n) is 11.8. The Balaban J connectivity index is 2.38. The fourth-order valence-electron chi connectivity index (χ4n) is 2.42. The lowest BCUT2D eigenvalue weighted by Crippen LogP contribution is -2.44. The maximum absolute atomic E-state index is 12.9. The number of piperidine rings is 1. The van der Waals surface area contributed by atoms with Gasteiger partial charge in [0, 0.05) is 13.1 Å². The topological polar surface area (TPSA) is 80.5 Å². The van der Waals surface area contributed by atoms with E-state index in [1.807, 2.05) is 0 Å². The van der Waals surface area contributed by atoms with Gasteiger partial charge in [-0.2, -0.15) is 17.5 Å². The van der Waals surface area contributed by atoms with E-state index in [0.717, 1.165) is 16.4 Å². The molecule has 10 heteroatoms. The summed E-state index contributed by atoms with van der Waals surface area (Å²) in [4.78, 5) is 10.7. The summed E-state index contributed by atoms with van der Waals surface area (Å²) in [6, 6.07) is 2.42. The molecule has 1 amide bonds. The zero-order valence-corrected chi connectivity index (χ0v) is 13.4. The number of nitrogens with zero attached hydrogens (tertiary/aromatic N) is 1. The second-order valence-electron chi connectivity index (χ2n) is 5.24. The Morgan fingerprint density at radius 1 is 1.35 bits per heavy atom. The lowest BCUT2D eigenvalue weighted by Gasteiger charge is -2.30. The van der Waals surface area contributed by atoms with Crippen molar-refractivity contribution in [3.05, 3.63) is 28.8 Å². The van der Waals surface area contributed by atoms with E-state index >= 15 is 0 Å². The Morgan fingerprint density at radius 3 is 2.57 bits per heavy atom. The third kappa shape index (κ3) is 3.78. The van der Waals surface area contributed by atoms with E-state index in [4.69, 9.17) is 17.3 Å². The smallest absolute Gasteiger partial charge is 0.369 e. The highest BCUT2D eigenvalue weighted by Crippen LogP contribution is 2.36. The summed E-state index contributed by atoms with van der Waals surface area (Å²) in [5, 5.41) is -0.579. The van der Waals surface area contributed by atoms with Gasteiger partial charge in [-0.1, -0.05) is 11.6 Å². The monoisotopic (exact) mass is 370 g/mol. The normalized spacial score (nSPS) is 20.4. The van der Waals surface area contributed by atoms with Crippen molar-refractivity contribution in [3.63, 3.8) is 0 Å². The molecule has 1 fully saturated rings. The van der Waals surface area contributed by atoms with Crippen LogP contribution in [0.2, 0.25) is 5.02 Å². The van der Waals surface area contributed by atoms with Crippen LogP contribution in [-0.2, 0) is 21.0 Å². The van der Waals surface area contributed by atoms with Gasteiger partial charge in [0.15, 0.2) is 0 Å². The number of carbonyl (C=O) groups excluding carboxylic acids is 1. The average molecular weight is 371 g/mol. The maximum Gasteiger partial charge on any atom is 0.417 e. The Labute approximate surface area is 136 Å². The van der Waals surface area contributed by atoms with Crippen LogP contribution < -0.4 is 5.73 Å². The van der Waals surface area contributed by atoms with Crippen LogP contribution in [0.4, 0.5) is 13.2 Å². The molecule has 2 rings (SSSR count). The average Bonchev–Trinajstić information content (AvgIpc) is 2.46. The van der Waals surface area contributed by atoms with Crippen LogP contribution in [0.25, 0.3) is 0 Å². The highest BCUT2D eigenvalue weighted by molar-refractivity contribution is 7.89. The molecule has 0 saturated carbocycles. The number of benzene rings is 1. The summed E-state index contributed by atoms with van der Waals surface area (Å²) in [6.45, 7) is -0.0161. The van der Waals surface area contributed by atoms with Crippen molar-refractivity contribution in [2.45, 2.75) is 23.9 Å². The number of primary amides is 1. The van der Waals surface area contributed by atoms with Crippen LogP contribution in [-0.4, -0.2) is 31.7 Å². The van der Waals surface area contributed by atoms with E-state index in [9.17, 15) is 26.4 Å². The van der Waals surface area contributed by atoms with E-state index in [-0.39, 0.29) is 13.1 Å². The minimum Gasteiger partial charge on any atom is -0.369 e. The van der Waals surface area contributed by atoms with Crippen LogP contribution in [0.3, 0.4) is 0 Å². The molecule has 0 aromatic heterocycles. The molecule has 1 aromatic carbocycles. The minimum absolute atomic E-state index is 0.121. The SMILES string of the molecule is NC(=O)C1CCCN(S(=O)(=O)c2ccc(Cl)c(C(F)(F)F)c2)C1. The number of alkyl halides is 3. The molecule has 128 valence electrons. The second kappa shape index (κ2) is 6.29. The first-order valence-corrected chi connectivity index (χ1v) is 8.51. The lowest BCUT2D eigenvalue weighted by molar-refractivity contribution is -0.137. The molecule has 0 spiro atoms. The minimum atomic E-state index is -4.76. The zero-order chi connectivity index (χ0) is 17.4. The van der Waals surface area contributed by atoms with Crippen LogP contribution >= 0.6 is 11.6 Å². The molecule has 1 heterocycles. The van der Waals surface area contributed by atoms with E-state index in [0.29, 0.717) is 18.9 Å². The molecule has 0 bridgehead atoms. The molecule has 0 aliphatic carbocycles. The van der Waals surface area contributed by atoms with E-state index in [1.54, 1.807) is 0 Å². The summed E-state index contributed by atoms with van der Waals surface area (Å²) < 4.78 is 64.6. The Morgan fingerprint density at radius 2 is 2.00 bits per heavy atom. The molecular formula is C13H14ClF3N2O3S. The van der Waals surface area contributed by atoms with Gasteiger partial charge in [0.05, 0.1) is 21.4 Å². The lowest BCUT2D eigenvalue weighted by atomic mass is 9.99. The van der Waals surface area contributed by atoms with Gasteiger partial charge in [0.25, 0.3) is 0 Å². The van der Waals surface area contributed by atoms with Crippen LogP contribution in [0.15, 0.2) is 23.1 Å². The fourth-order valence-corrected chi connectivity index (χ4v) is 4.20. The van der Waals surface area contributed by atoms with Gasteiger partial charge >= 0.3 is 6.18 Å². The molecule has 1 saturated heterocycles. The molecule has 1 aromatic rings. The third-order valence-corrected chi connectivity index (χ3v) is 5.86. The molecule has 1 aliphatic rings. The molecule has 2 N–H and O–H groups in total. The molecule has 23 heavy (non-hydrogen) atoms. The van der Waals surface area contributed by atoms with E-state index in [2.05, 4.69) is 0 Å². The first-order valence-electron chi connectivity index (χ1n) is 6.69. The van der Waals surface area contributed by atoms with Gasteiger partial charge in [0.1, 0.15) is 0 Å². The van der Waals surface area contributed by atoms with Gasteiger partial charge in [-0.25, -0.2) is 8.42 Å². The summed E-state index contributed by atoms with van der Waals surface area (Å²) in [6.07, 6.45) is -3.90. The van der Waals surface area contributed by atoms with Crippen molar-refractivity contribution in [1.82, 2.24) is 4.31 Å². The Kier molecular flexibility index (Phi) is 4.93. The third-order valence-electron chi connectivity index (χ3n) is 3.67. The Hall–Kier alpha value is -1.32. The number of amides is 1. The first-order chi connectivity index (χ1) is 10.5. The van der Waals surface area contributed by atoms with Crippen molar-refractivity contribution >= 4 is 27.5 Å². The number of halogens is 4. The standard InChI is InChI=1S/C13H14ClF3N2O3S/c14-11-4-3-9(6-10(11)13(15,16)17)23(21,22)19-5-1-2-8(7-19)12(18)20/h3-4,6,8H,1-2,5,7H2,(H2,18,20). The molecular weight excluding hydrogens is 357 g/mol. The molecule has 1 atom stereocenters. The number of nitrogens with two attached hydrogens (primary N) is 1. The summed E-state index contributed by atoms with van der Waals surface area (Å²) in [7, 11) is -4.16. The molecule has 1 unspecified atom stereocenters. The number of carbonyl (C=O) groups is 1. The van der Waals surface area contributed by atoms with Gasteiger partial charge in [-0.3, -0.25) is 4.79 Å². The van der Waals surface area contributed by atoms with Crippen molar-refractivity contribution in [2.24, 2.45) is 11.7 Å². The van der Waals surface area contributed by atoms with Crippen molar-refractivity contribution in [2.75, 3.05) is 13.1 Å². The predicted octanol–water partition coefficient (Wildman–Crippen LogP) is 2.24. The largest absolute Gasteiger partial charge is 0.417 e. The first kappa shape index (κ1) is 18.0. The van der Waals surface area contributed by atoms with Gasteiger partial charge in [-0.15, -0.1) is 0 Å². The quantitative estimate of drug-likeness (QED) is 0.886. The highest BCUT2D eigenvalue weighted by Gasteiger charge is 2.37. The van der Waals surface area contributed by atoms with Crippen molar-refractivity contribution in [3.8, 4) is 0 Å². The summed E-state index contributed by atoms with van der Waals surface area (Å²) in [5.41, 5.74) is 3.97. The van der Waals surface area contributed by atoms with Crippen molar-refractivity contribution < 1.29 is 26.4 Å². The van der Waals surface area contributed by atoms with Crippen molar-refractivity contribution in [1.29, 1.82) is 0 Å². The van der Waals surface area contributed by atoms with Crippen LogP contribution in [0, 0.1) is 5.92 Å². The molecule has 1 aliphatic heterocycles. The number of rotatable bonds is 3. The van der Waals surface area contributed by atoms with Crippen LogP contribution in [0.5, 0.6) is 0 Å². The van der Waals surface area contributed by atoms with Gasteiger partial charge in [-0.05, 0) is 31.0 Å². The van der Waals surface area contributed by atoms with E-state index < -0.39 is 43.5 Å². The maximum atomic E-state index is 12.9. The second-order valence-corrected chi connectivity index (χ2v) is 7.59. The van der Waals surface area contributed by atoms with Gasteiger partial charge in [0.2, 0.25) is 15.9 Å². The summed E-state index contributed by atoms with van der Waals surface area (Å²) >= 11 is 5.49. The molecule has 5 nitrogen and oxygen atoms in total. The van der Waals surface area contributed by atoms with Crippen LogP contribution in [0.1, 0.15) is 18.4 Å². The predicted molar refractivity (Wildman–Crippen MR) is 77.1 cm³/mol. The number of hydrogen-bond donors (Lipinski definition) is 1.